The zero-order chi connectivity index (χ0) is 12.7. The van der Waals surface area contributed by atoms with Crippen LogP contribution in [0, 0.1) is 6.92 Å². The number of halogens is 1. The number of Topliss-reactive ketones (excluding diaryl/α,β-unsaturated/α-hetero) is 1. The van der Waals surface area contributed by atoms with Gasteiger partial charge in [-0.1, -0.05) is 23.7 Å². The number of carbonyl (C=O) groups excluding carboxylic acids is 1. The molecule has 0 radical (unpaired) electrons. The summed E-state index contributed by atoms with van der Waals surface area (Å²) < 4.78 is 0. The van der Waals surface area contributed by atoms with Gasteiger partial charge in [0.15, 0.2) is 5.78 Å². The molecule has 1 aliphatic rings. The third-order valence-electron chi connectivity index (χ3n) is 3.59. The molecule has 0 aliphatic carbocycles. The number of carbonyl (C=O) groups is 1. The van der Waals surface area contributed by atoms with Crippen molar-refractivity contribution in [2.45, 2.75) is 25.8 Å². The van der Waals surface area contributed by atoms with E-state index in [-0.39, 0.29) is 11.8 Å². The van der Waals surface area contributed by atoms with Crippen LogP contribution in [0.5, 0.6) is 0 Å². The molecule has 1 aromatic carbocycles. The van der Waals surface area contributed by atoms with Gasteiger partial charge in [-0.2, -0.15) is 0 Å². The summed E-state index contributed by atoms with van der Waals surface area (Å²) in [6, 6.07) is 5.63. The molecule has 2 heterocycles. The quantitative estimate of drug-likeness (QED) is 0.817. The molecule has 1 atom stereocenters. The highest BCUT2D eigenvalue weighted by Crippen LogP contribution is 2.29. The Bertz CT molecular complexity index is 612. The van der Waals surface area contributed by atoms with Crippen molar-refractivity contribution in [2.75, 3.05) is 6.54 Å². The van der Waals surface area contributed by atoms with Crippen molar-refractivity contribution < 1.29 is 4.79 Å². The minimum atomic E-state index is -0.0401. The van der Waals surface area contributed by atoms with Gasteiger partial charge in [0.25, 0.3) is 0 Å². The summed E-state index contributed by atoms with van der Waals surface area (Å²) in [6.45, 7) is 2.86. The Morgan fingerprint density at radius 1 is 1.44 bits per heavy atom. The summed E-state index contributed by atoms with van der Waals surface area (Å²) in [5.74, 6) is 0.179. The maximum atomic E-state index is 12.5. The molecule has 1 saturated heterocycles. The van der Waals surface area contributed by atoms with Crippen molar-refractivity contribution in [3.63, 3.8) is 0 Å². The summed E-state index contributed by atoms with van der Waals surface area (Å²) in [4.78, 5) is 15.7. The van der Waals surface area contributed by atoms with E-state index in [9.17, 15) is 4.79 Å². The van der Waals surface area contributed by atoms with E-state index in [0.29, 0.717) is 5.02 Å². The maximum absolute atomic E-state index is 12.5. The fourth-order valence-electron chi connectivity index (χ4n) is 2.71. The van der Waals surface area contributed by atoms with E-state index >= 15 is 0 Å². The van der Waals surface area contributed by atoms with Crippen LogP contribution in [0.2, 0.25) is 5.02 Å². The highest BCUT2D eigenvalue weighted by Gasteiger charge is 2.27. The first kappa shape index (κ1) is 11.8. The number of H-pyrrole nitrogens is 1. The van der Waals surface area contributed by atoms with Crippen molar-refractivity contribution in [1.82, 2.24) is 10.3 Å². The molecular weight excluding hydrogens is 248 g/mol. The lowest BCUT2D eigenvalue weighted by Crippen LogP contribution is -2.31. The van der Waals surface area contributed by atoms with Crippen molar-refractivity contribution in [3.05, 3.63) is 34.5 Å². The SMILES string of the molecule is Cc1[nH]c2c(Cl)cccc2c1C(=O)C1CCCN1. The van der Waals surface area contributed by atoms with Crippen LogP contribution in [-0.4, -0.2) is 23.4 Å². The number of hydrogen-bond donors (Lipinski definition) is 2. The van der Waals surface area contributed by atoms with E-state index in [4.69, 9.17) is 11.6 Å². The lowest BCUT2D eigenvalue weighted by molar-refractivity contribution is 0.0953. The molecule has 0 amide bonds. The van der Waals surface area contributed by atoms with Crippen LogP contribution >= 0.6 is 11.6 Å². The molecule has 1 aromatic heterocycles. The van der Waals surface area contributed by atoms with E-state index in [2.05, 4.69) is 10.3 Å². The second-order valence-corrected chi connectivity index (χ2v) is 5.21. The van der Waals surface area contributed by atoms with Gasteiger partial charge in [-0.05, 0) is 32.4 Å². The zero-order valence-corrected chi connectivity index (χ0v) is 11.0. The third kappa shape index (κ3) is 1.74. The van der Waals surface area contributed by atoms with Crippen LogP contribution in [-0.2, 0) is 0 Å². The lowest BCUT2D eigenvalue weighted by Gasteiger charge is -2.09. The Morgan fingerprint density at radius 3 is 3.00 bits per heavy atom. The van der Waals surface area contributed by atoms with Gasteiger partial charge in [0, 0.05) is 16.6 Å². The van der Waals surface area contributed by atoms with Gasteiger partial charge in [0.1, 0.15) is 0 Å². The highest BCUT2D eigenvalue weighted by atomic mass is 35.5. The molecule has 0 saturated carbocycles. The molecule has 4 heteroatoms. The molecule has 3 rings (SSSR count). The average molecular weight is 263 g/mol. The smallest absolute Gasteiger partial charge is 0.182 e. The van der Waals surface area contributed by atoms with Crippen molar-refractivity contribution in [3.8, 4) is 0 Å². The summed E-state index contributed by atoms with van der Waals surface area (Å²) >= 11 is 6.15. The van der Waals surface area contributed by atoms with Gasteiger partial charge >= 0.3 is 0 Å². The minimum Gasteiger partial charge on any atom is -0.357 e. The Kier molecular flexibility index (Phi) is 2.88. The van der Waals surface area contributed by atoms with Crippen LogP contribution in [0.15, 0.2) is 18.2 Å². The fourth-order valence-corrected chi connectivity index (χ4v) is 2.93. The predicted octanol–water partition coefficient (Wildman–Crippen LogP) is 3.06. The molecule has 0 spiro atoms. The molecule has 2 N–H and O–H groups in total. The second kappa shape index (κ2) is 4.41. The molecule has 1 fully saturated rings. The molecule has 0 bridgehead atoms. The Balaban J connectivity index is 2.13. The third-order valence-corrected chi connectivity index (χ3v) is 3.91. The minimum absolute atomic E-state index is 0.0401. The van der Waals surface area contributed by atoms with Crippen LogP contribution in [0.4, 0.5) is 0 Å². The molecule has 94 valence electrons. The molecule has 1 unspecified atom stereocenters. The van der Waals surface area contributed by atoms with Crippen molar-refractivity contribution >= 4 is 28.3 Å². The summed E-state index contributed by atoms with van der Waals surface area (Å²) in [5, 5.41) is 4.85. The van der Waals surface area contributed by atoms with Crippen LogP contribution in [0.3, 0.4) is 0 Å². The van der Waals surface area contributed by atoms with Crippen LogP contribution < -0.4 is 5.32 Å². The second-order valence-electron chi connectivity index (χ2n) is 4.80. The number of rotatable bonds is 2. The number of benzene rings is 1. The number of aryl methyl sites for hydroxylation is 1. The first-order valence-electron chi connectivity index (χ1n) is 6.23. The lowest BCUT2D eigenvalue weighted by atomic mass is 10.00. The summed E-state index contributed by atoms with van der Waals surface area (Å²) in [6.07, 6.45) is 1.99. The Labute approximate surface area is 111 Å². The molecule has 2 aromatic rings. The van der Waals surface area contributed by atoms with Gasteiger partial charge in [-0.3, -0.25) is 4.79 Å². The van der Waals surface area contributed by atoms with Gasteiger partial charge in [-0.25, -0.2) is 0 Å². The monoisotopic (exact) mass is 262 g/mol. The number of hydrogen-bond acceptors (Lipinski definition) is 2. The number of aromatic amines is 1. The zero-order valence-electron chi connectivity index (χ0n) is 10.2. The van der Waals surface area contributed by atoms with Crippen molar-refractivity contribution in [2.24, 2.45) is 0 Å². The van der Waals surface area contributed by atoms with Crippen LogP contribution in [0.1, 0.15) is 28.9 Å². The van der Waals surface area contributed by atoms with Crippen molar-refractivity contribution in [1.29, 1.82) is 0 Å². The van der Waals surface area contributed by atoms with Gasteiger partial charge < -0.3 is 10.3 Å². The number of aromatic nitrogens is 1. The molecular formula is C14H15ClN2O. The standard InChI is InChI=1S/C14H15ClN2O/c1-8-12(14(18)11-6-3-7-16-11)9-4-2-5-10(15)13(9)17-8/h2,4-5,11,16-17H,3,6-7H2,1H3. The Hall–Kier alpha value is -1.32. The van der Waals surface area contributed by atoms with Crippen LogP contribution in [0.25, 0.3) is 10.9 Å². The van der Waals surface area contributed by atoms with E-state index < -0.39 is 0 Å². The maximum Gasteiger partial charge on any atom is 0.182 e. The van der Waals surface area contributed by atoms with E-state index in [1.165, 1.54) is 0 Å². The molecule has 3 nitrogen and oxygen atoms in total. The highest BCUT2D eigenvalue weighted by molar-refractivity contribution is 6.35. The number of para-hydroxylation sites is 1. The number of ketones is 1. The largest absolute Gasteiger partial charge is 0.357 e. The normalized spacial score (nSPS) is 19.6. The number of fused-ring (bicyclic) bond motifs is 1. The first-order chi connectivity index (χ1) is 8.68. The van der Waals surface area contributed by atoms with Gasteiger partial charge in [0.05, 0.1) is 16.6 Å². The summed E-state index contributed by atoms with van der Waals surface area (Å²) in [7, 11) is 0. The number of nitrogens with one attached hydrogen (secondary N) is 2. The topological polar surface area (TPSA) is 44.9 Å². The first-order valence-corrected chi connectivity index (χ1v) is 6.60. The molecule has 18 heavy (non-hydrogen) atoms. The van der Waals surface area contributed by atoms with Gasteiger partial charge in [0.2, 0.25) is 0 Å². The predicted molar refractivity (Wildman–Crippen MR) is 73.4 cm³/mol. The average Bonchev–Trinajstić information content (AvgIpc) is 2.96. The van der Waals surface area contributed by atoms with E-state index in [0.717, 1.165) is 41.5 Å². The molecule has 1 aliphatic heterocycles. The van der Waals surface area contributed by atoms with Gasteiger partial charge in [-0.15, -0.1) is 0 Å². The Morgan fingerprint density at radius 2 is 2.28 bits per heavy atom. The summed E-state index contributed by atoms with van der Waals surface area (Å²) in [5.41, 5.74) is 2.54. The fraction of sp³-hybridized carbons (Fsp3) is 0.357. The van der Waals surface area contributed by atoms with E-state index in [1.807, 2.05) is 25.1 Å². The van der Waals surface area contributed by atoms with E-state index in [1.54, 1.807) is 0 Å².